The van der Waals surface area contributed by atoms with Gasteiger partial charge in [0.2, 0.25) is 0 Å². The minimum absolute atomic E-state index is 0.00680. The van der Waals surface area contributed by atoms with Crippen molar-refractivity contribution in [3.63, 3.8) is 0 Å². The number of rotatable bonds is 2. The fourth-order valence-corrected chi connectivity index (χ4v) is 2.63. The van der Waals surface area contributed by atoms with Gasteiger partial charge in [-0.3, -0.25) is 4.90 Å². The maximum atomic E-state index is 11.6. The van der Waals surface area contributed by atoms with Crippen molar-refractivity contribution in [1.82, 2.24) is 10.2 Å². The molecule has 0 radical (unpaired) electrons. The van der Waals surface area contributed by atoms with Gasteiger partial charge in [0.15, 0.2) is 0 Å². The van der Waals surface area contributed by atoms with Gasteiger partial charge in [0.05, 0.1) is 0 Å². The molecule has 0 spiro atoms. The second-order valence-corrected chi connectivity index (χ2v) is 5.19. The number of nitrogens with zero attached hydrogens (tertiary/aromatic N) is 3. The molecular weight excluding hydrogens is 240 g/mol. The molecule has 5 nitrogen and oxygen atoms in total. The first-order valence-electron chi connectivity index (χ1n) is 6.83. The number of piperazine rings is 1. The van der Waals surface area contributed by atoms with E-state index in [0.29, 0.717) is 0 Å². The summed E-state index contributed by atoms with van der Waals surface area (Å²) in [4.78, 5) is 18.1. The molecule has 1 aromatic carbocycles. The number of hydrogen-bond acceptors (Lipinski definition) is 3. The summed E-state index contributed by atoms with van der Waals surface area (Å²) in [6.07, 6.45) is 0. The standard InChI is InChI=1S/C14H20N4O/c1-16-8-10-17(11-9-16)12-2-4-13(5-3-12)18-7-6-15-14(18)19/h2-5H,6-11H2,1H3,(H,15,19). The molecule has 0 unspecified atom stereocenters. The fourth-order valence-electron chi connectivity index (χ4n) is 2.63. The molecule has 2 amide bonds. The summed E-state index contributed by atoms with van der Waals surface area (Å²) < 4.78 is 0. The summed E-state index contributed by atoms with van der Waals surface area (Å²) in [5, 5.41) is 2.82. The Bertz CT molecular complexity index is 451. The first kappa shape index (κ1) is 12.3. The van der Waals surface area contributed by atoms with Crippen molar-refractivity contribution >= 4 is 17.4 Å². The molecule has 0 aromatic heterocycles. The van der Waals surface area contributed by atoms with Gasteiger partial charge in [0.1, 0.15) is 0 Å². The number of likely N-dealkylation sites (N-methyl/N-ethyl adjacent to an activating group) is 1. The Labute approximate surface area is 113 Å². The Kier molecular flexibility index (Phi) is 3.29. The van der Waals surface area contributed by atoms with Gasteiger partial charge in [-0.1, -0.05) is 0 Å². The van der Waals surface area contributed by atoms with Crippen LogP contribution in [-0.2, 0) is 0 Å². The molecule has 2 saturated heterocycles. The molecule has 2 fully saturated rings. The molecule has 0 atom stereocenters. The van der Waals surface area contributed by atoms with Gasteiger partial charge in [-0.05, 0) is 31.3 Å². The van der Waals surface area contributed by atoms with Gasteiger partial charge < -0.3 is 15.1 Å². The van der Waals surface area contributed by atoms with Crippen LogP contribution in [0.4, 0.5) is 16.2 Å². The molecule has 19 heavy (non-hydrogen) atoms. The Morgan fingerprint density at radius 3 is 2.16 bits per heavy atom. The van der Waals surface area contributed by atoms with Crippen molar-refractivity contribution in [2.45, 2.75) is 0 Å². The average molecular weight is 260 g/mol. The van der Waals surface area contributed by atoms with Gasteiger partial charge in [-0.15, -0.1) is 0 Å². The molecule has 2 heterocycles. The van der Waals surface area contributed by atoms with Crippen molar-refractivity contribution in [2.24, 2.45) is 0 Å². The molecule has 0 saturated carbocycles. The van der Waals surface area contributed by atoms with Gasteiger partial charge in [0, 0.05) is 50.6 Å². The first-order chi connectivity index (χ1) is 9.24. The van der Waals surface area contributed by atoms with E-state index < -0.39 is 0 Å². The lowest BCUT2D eigenvalue weighted by Gasteiger charge is -2.34. The summed E-state index contributed by atoms with van der Waals surface area (Å²) in [5.74, 6) is 0. The predicted octanol–water partition coefficient (Wildman–Crippen LogP) is 0.968. The number of benzene rings is 1. The highest BCUT2D eigenvalue weighted by molar-refractivity contribution is 5.94. The summed E-state index contributed by atoms with van der Waals surface area (Å²) >= 11 is 0. The fraction of sp³-hybridized carbons (Fsp3) is 0.500. The van der Waals surface area contributed by atoms with Gasteiger partial charge in [-0.25, -0.2) is 4.79 Å². The zero-order valence-electron chi connectivity index (χ0n) is 11.3. The van der Waals surface area contributed by atoms with Crippen molar-refractivity contribution in [3.05, 3.63) is 24.3 Å². The topological polar surface area (TPSA) is 38.8 Å². The van der Waals surface area contributed by atoms with Crippen LogP contribution >= 0.6 is 0 Å². The highest BCUT2D eigenvalue weighted by Gasteiger charge is 2.21. The Morgan fingerprint density at radius 1 is 0.947 bits per heavy atom. The monoisotopic (exact) mass is 260 g/mol. The second-order valence-electron chi connectivity index (χ2n) is 5.19. The van der Waals surface area contributed by atoms with Gasteiger partial charge in [0.25, 0.3) is 0 Å². The molecule has 2 aliphatic rings. The Balaban J connectivity index is 1.70. The minimum atomic E-state index is 0.00680. The summed E-state index contributed by atoms with van der Waals surface area (Å²) in [7, 11) is 2.16. The van der Waals surface area contributed by atoms with E-state index in [1.807, 2.05) is 12.1 Å². The van der Waals surface area contributed by atoms with Crippen LogP contribution < -0.4 is 15.1 Å². The maximum absolute atomic E-state index is 11.6. The third-order valence-electron chi connectivity index (χ3n) is 3.89. The van der Waals surface area contributed by atoms with Crippen LogP contribution in [0.3, 0.4) is 0 Å². The number of nitrogens with one attached hydrogen (secondary N) is 1. The lowest BCUT2D eigenvalue weighted by Crippen LogP contribution is -2.44. The van der Waals surface area contributed by atoms with E-state index in [4.69, 9.17) is 0 Å². The lowest BCUT2D eigenvalue weighted by atomic mass is 10.2. The number of urea groups is 1. The van der Waals surface area contributed by atoms with E-state index in [1.165, 1.54) is 5.69 Å². The summed E-state index contributed by atoms with van der Waals surface area (Å²) in [5.41, 5.74) is 2.23. The van der Waals surface area contributed by atoms with E-state index in [2.05, 4.69) is 34.3 Å². The van der Waals surface area contributed by atoms with Crippen LogP contribution in [0.15, 0.2) is 24.3 Å². The van der Waals surface area contributed by atoms with Crippen molar-refractivity contribution in [3.8, 4) is 0 Å². The highest BCUT2D eigenvalue weighted by Crippen LogP contribution is 2.22. The van der Waals surface area contributed by atoms with Gasteiger partial charge in [-0.2, -0.15) is 0 Å². The minimum Gasteiger partial charge on any atom is -0.369 e. The third kappa shape index (κ3) is 2.51. The predicted molar refractivity (Wildman–Crippen MR) is 76.9 cm³/mol. The largest absolute Gasteiger partial charge is 0.369 e. The van der Waals surface area contributed by atoms with E-state index in [9.17, 15) is 4.79 Å². The highest BCUT2D eigenvalue weighted by atomic mass is 16.2. The molecule has 3 rings (SSSR count). The molecule has 0 aliphatic carbocycles. The number of carbonyl (C=O) groups excluding carboxylic acids is 1. The van der Waals surface area contributed by atoms with Gasteiger partial charge >= 0.3 is 6.03 Å². The normalized spacial score (nSPS) is 20.8. The molecular formula is C14H20N4O. The van der Waals surface area contributed by atoms with E-state index in [-0.39, 0.29) is 6.03 Å². The Morgan fingerprint density at radius 2 is 1.58 bits per heavy atom. The molecule has 5 heteroatoms. The second kappa shape index (κ2) is 5.09. The third-order valence-corrected chi connectivity index (χ3v) is 3.89. The van der Waals surface area contributed by atoms with Crippen LogP contribution in [0.5, 0.6) is 0 Å². The molecule has 1 N–H and O–H groups in total. The van der Waals surface area contributed by atoms with Crippen LogP contribution in [0.1, 0.15) is 0 Å². The smallest absolute Gasteiger partial charge is 0.321 e. The zero-order chi connectivity index (χ0) is 13.2. The zero-order valence-corrected chi connectivity index (χ0v) is 11.3. The van der Waals surface area contributed by atoms with Crippen molar-refractivity contribution in [2.75, 3.05) is 56.1 Å². The van der Waals surface area contributed by atoms with Crippen molar-refractivity contribution in [1.29, 1.82) is 0 Å². The Hall–Kier alpha value is -1.75. The molecule has 1 aromatic rings. The van der Waals surface area contributed by atoms with Crippen molar-refractivity contribution < 1.29 is 4.79 Å². The number of anilines is 2. The first-order valence-corrected chi connectivity index (χ1v) is 6.83. The average Bonchev–Trinajstić information content (AvgIpc) is 2.86. The van der Waals surface area contributed by atoms with E-state index in [1.54, 1.807) is 4.90 Å². The van der Waals surface area contributed by atoms with Crippen LogP contribution in [0, 0.1) is 0 Å². The van der Waals surface area contributed by atoms with E-state index in [0.717, 1.165) is 45.0 Å². The molecule has 102 valence electrons. The van der Waals surface area contributed by atoms with Crippen LogP contribution in [-0.4, -0.2) is 57.2 Å². The van der Waals surface area contributed by atoms with Crippen LogP contribution in [0.25, 0.3) is 0 Å². The summed E-state index contributed by atoms with van der Waals surface area (Å²) in [6.45, 7) is 5.85. The van der Waals surface area contributed by atoms with Crippen LogP contribution in [0.2, 0.25) is 0 Å². The maximum Gasteiger partial charge on any atom is 0.321 e. The SMILES string of the molecule is CN1CCN(c2ccc(N3CCNC3=O)cc2)CC1. The quantitative estimate of drug-likeness (QED) is 0.861. The lowest BCUT2D eigenvalue weighted by molar-refractivity contribution is 0.252. The van der Waals surface area contributed by atoms with E-state index >= 15 is 0 Å². The molecule has 2 aliphatic heterocycles. The summed E-state index contributed by atoms with van der Waals surface area (Å²) in [6, 6.07) is 8.32. The number of carbonyl (C=O) groups is 1. The number of amides is 2. The number of hydrogen-bond donors (Lipinski definition) is 1. The molecule has 0 bridgehead atoms.